The highest BCUT2D eigenvalue weighted by Crippen LogP contribution is 2.18. The van der Waals surface area contributed by atoms with Crippen molar-refractivity contribution in [1.29, 1.82) is 0 Å². The Morgan fingerprint density at radius 1 is 1.73 bits per heavy atom. The zero-order valence-electron chi connectivity index (χ0n) is 8.25. The lowest BCUT2D eigenvalue weighted by Gasteiger charge is -2.06. The molecule has 7 heteroatoms. The monoisotopic (exact) mass is 232 g/mol. The minimum atomic E-state index is -0.250. The molecule has 6 nitrogen and oxygen atoms in total. The average molecular weight is 232 g/mol. The first-order valence-corrected chi connectivity index (χ1v) is 5.16. The van der Waals surface area contributed by atoms with Gasteiger partial charge in [-0.05, 0) is 6.92 Å². The van der Waals surface area contributed by atoms with Crippen LogP contribution in [-0.4, -0.2) is 40.3 Å². The van der Waals surface area contributed by atoms with Crippen LogP contribution in [0.25, 0.3) is 0 Å². The molecule has 0 aliphatic carbocycles. The highest BCUT2D eigenvalue weighted by Gasteiger charge is 2.18. The third kappa shape index (κ3) is 4.22. The van der Waals surface area contributed by atoms with Crippen molar-refractivity contribution in [2.45, 2.75) is 19.4 Å². The van der Waals surface area contributed by atoms with Crippen LogP contribution < -0.4 is 4.74 Å². The smallest absolute Gasteiger partial charge is 0.293 e. The lowest BCUT2D eigenvalue weighted by atomic mass is 10.3. The first-order chi connectivity index (χ1) is 7.26. The number of aryl methyl sites for hydroxylation is 1. The van der Waals surface area contributed by atoms with Crippen LogP contribution in [0.5, 0.6) is 5.19 Å². The average Bonchev–Trinajstić information content (AvgIpc) is 2.80. The zero-order chi connectivity index (χ0) is 11.1. The molecular weight excluding hydrogens is 220 g/mol. The molecule has 1 fully saturated rings. The molecule has 2 heterocycles. The van der Waals surface area contributed by atoms with E-state index in [4.69, 9.17) is 19.4 Å². The number of carboxylic acid groups (broad SMARTS) is 1. The molecule has 84 valence electrons. The van der Waals surface area contributed by atoms with Crippen LogP contribution in [0.4, 0.5) is 0 Å². The standard InChI is InChI=1S/C7H10N2O2S.CH2O2/c1-5-8-7(12-9-5)11-6-2-3-10-4-6;2-1-3/h6H,2-4H2,1H3;1H,(H,2,3). The first-order valence-electron chi connectivity index (χ1n) is 4.39. The fourth-order valence-corrected chi connectivity index (χ4v) is 1.68. The van der Waals surface area contributed by atoms with Crippen molar-refractivity contribution >= 4 is 18.0 Å². The van der Waals surface area contributed by atoms with Gasteiger partial charge in [-0.15, -0.1) is 0 Å². The van der Waals surface area contributed by atoms with Gasteiger partial charge in [-0.1, -0.05) is 0 Å². The molecule has 1 unspecified atom stereocenters. The zero-order valence-corrected chi connectivity index (χ0v) is 9.07. The summed E-state index contributed by atoms with van der Waals surface area (Å²) in [6.07, 6.45) is 1.14. The predicted molar refractivity (Wildman–Crippen MR) is 53.2 cm³/mol. The Labute approximate surface area is 91.0 Å². The van der Waals surface area contributed by atoms with E-state index in [1.165, 1.54) is 11.5 Å². The normalized spacial score (nSPS) is 19.1. The topological polar surface area (TPSA) is 81.5 Å². The number of aromatic nitrogens is 2. The van der Waals surface area contributed by atoms with Crippen LogP contribution in [0, 0.1) is 6.92 Å². The second kappa shape index (κ2) is 6.31. The third-order valence-corrected chi connectivity index (χ3v) is 2.36. The van der Waals surface area contributed by atoms with Crippen LogP contribution in [-0.2, 0) is 9.53 Å². The predicted octanol–water partition coefficient (Wildman–Crippen LogP) is 0.715. The Bertz CT molecular complexity index is 299. The maximum Gasteiger partial charge on any atom is 0.293 e. The summed E-state index contributed by atoms with van der Waals surface area (Å²) in [5, 5.41) is 7.54. The Balaban J connectivity index is 0.000000337. The van der Waals surface area contributed by atoms with E-state index >= 15 is 0 Å². The molecule has 1 aliphatic rings. The summed E-state index contributed by atoms with van der Waals surface area (Å²) in [6, 6.07) is 0. The summed E-state index contributed by atoms with van der Waals surface area (Å²) in [7, 11) is 0. The number of hydrogen-bond acceptors (Lipinski definition) is 6. The fraction of sp³-hybridized carbons (Fsp3) is 0.625. The van der Waals surface area contributed by atoms with Crippen molar-refractivity contribution in [3.05, 3.63) is 5.82 Å². The second-order valence-corrected chi connectivity index (χ2v) is 3.53. The number of rotatable bonds is 2. The van der Waals surface area contributed by atoms with Gasteiger partial charge in [-0.3, -0.25) is 4.79 Å². The van der Waals surface area contributed by atoms with Crippen LogP contribution in [0.15, 0.2) is 0 Å². The molecule has 1 saturated heterocycles. The molecule has 1 aromatic heterocycles. The maximum atomic E-state index is 8.36. The van der Waals surface area contributed by atoms with Crippen molar-refractivity contribution in [2.75, 3.05) is 13.2 Å². The van der Waals surface area contributed by atoms with E-state index in [-0.39, 0.29) is 12.6 Å². The van der Waals surface area contributed by atoms with Gasteiger partial charge < -0.3 is 14.6 Å². The van der Waals surface area contributed by atoms with Crippen LogP contribution >= 0.6 is 11.5 Å². The largest absolute Gasteiger partial charge is 0.483 e. The van der Waals surface area contributed by atoms with Gasteiger partial charge in [0, 0.05) is 18.0 Å². The molecule has 0 aromatic carbocycles. The summed E-state index contributed by atoms with van der Waals surface area (Å²) < 4.78 is 14.7. The highest BCUT2D eigenvalue weighted by molar-refractivity contribution is 7.07. The van der Waals surface area contributed by atoms with Gasteiger partial charge in [0.1, 0.15) is 11.9 Å². The summed E-state index contributed by atoms with van der Waals surface area (Å²) in [5.74, 6) is 0.772. The summed E-state index contributed by atoms with van der Waals surface area (Å²) in [6.45, 7) is 3.08. The van der Waals surface area contributed by atoms with Crippen LogP contribution in [0.3, 0.4) is 0 Å². The van der Waals surface area contributed by atoms with E-state index in [1.807, 2.05) is 6.92 Å². The molecule has 0 radical (unpaired) electrons. The molecule has 15 heavy (non-hydrogen) atoms. The maximum absolute atomic E-state index is 8.36. The van der Waals surface area contributed by atoms with E-state index in [9.17, 15) is 0 Å². The van der Waals surface area contributed by atoms with Crippen molar-refractivity contribution < 1.29 is 19.4 Å². The number of carbonyl (C=O) groups is 1. The molecule has 0 saturated carbocycles. The summed E-state index contributed by atoms with van der Waals surface area (Å²) in [4.78, 5) is 12.5. The van der Waals surface area contributed by atoms with Gasteiger partial charge in [0.2, 0.25) is 0 Å². The molecule has 2 rings (SSSR count). The molecule has 1 aliphatic heterocycles. The number of hydrogen-bond donors (Lipinski definition) is 1. The Morgan fingerprint density at radius 3 is 2.93 bits per heavy atom. The van der Waals surface area contributed by atoms with Crippen molar-refractivity contribution in [3.63, 3.8) is 0 Å². The molecular formula is C8H12N2O4S. The van der Waals surface area contributed by atoms with E-state index in [0.717, 1.165) is 18.9 Å². The number of nitrogens with zero attached hydrogens (tertiary/aromatic N) is 2. The van der Waals surface area contributed by atoms with Gasteiger partial charge >= 0.3 is 0 Å². The molecule has 0 spiro atoms. The van der Waals surface area contributed by atoms with Crippen LogP contribution in [0.1, 0.15) is 12.2 Å². The minimum absolute atomic E-state index is 0.178. The van der Waals surface area contributed by atoms with Crippen molar-refractivity contribution in [1.82, 2.24) is 9.36 Å². The molecule has 1 aromatic rings. The first kappa shape index (κ1) is 11.9. The van der Waals surface area contributed by atoms with Gasteiger partial charge in [0.25, 0.3) is 11.7 Å². The summed E-state index contributed by atoms with van der Waals surface area (Å²) in [5.41, 5.74) is 0. The highest BCUT2D eigenvalue weighted by atomic mass is 32.1. The minimum Gasteiger partial charge on any atom is -0.483 e. The second-order valence-electron chi connectivity index (χ2n) is 2.82. The van der Waals surface area contributed by atoms with E-state index in [1.54, 1.807) is 0 Å². The fourth-order valence-electron chi connectivity index (χ4n) is 1.07. The molecule has 0 amide bonds. The number of ether oxygens (including phenoxy) is 2. The SMILES string of the molecule is Cc1nsc(OC2CCOC2)n1.O=CO. The van der Waals surface area contributed by atoms with E-state index in [0.29, 0.717) is 11.8 Å². The molecule has 1 atom stereocenters. The van der Waals surface area contributed by atoms with Gasteiger partial charge in [-0.25, -0.2) is 0 Å². The van der Waals surface area contributed by atoms with Gasteiger partial charge in [0.15, 0.2) is 0 Å². The van der Waals surface area contributed by atoms with Crippen molar-refractivity contribution in [2.24, 2.45) is 0 Å². The lowest BCUT2D eigenvalue weighted by Crippen LogP contribution is -2.15. The van der Waals surface area contributed by atoms with Crippen LogP contribution in [0.2, 0.25) is 0 Å². The van der Waals surface area contributed by atoms with Crippen molar-refractivity contribution in [3.8, 4) is 5.19 Å². The third-order valence-electron chi connectivity index (χ3n) is 1.66. The summed E-state index contributed by atoms with van der Waals surface area (Å²) >= 11 is 1.30. The Kier molecular flexibility index (Phi) is 4.99. The Hall–Kier alpha value is -1.21. The quantitative estimate of drug-likeness (QED) is 0.756. The Morgan fingerprint density at radius 2 is 2.47 bits per heavy atom. The van der Waals surface area contributed by atoms with E-state index < -0.39 is 0 Å². The van der Waals surface area contributed by atoms with Gasteiger partial charge in [0.05, 0.1) is 13.2 Å². The molecule has 1 N–H and O–H groups in total. The van der Waals surface area contributed by atoms with E-state index in [2.05, 4.69) is 9.36 Å². The van der Waals surface area contributed by atoms with Gasteiger partial charge in [-0.2, -0.15) is 9.36 Å². The lowest BCUT2D eigenvalue weighted by molar-refractivity contribution is -0.122. The molecule has 0 bridgehead atoms.